The molecule has 0 bridgehead atoms. The van der Waals surface area contributed by atoms with E-state index in [4.69, 9.17) is 0 Å². The summed E-state index contributed by atoms with van der Waals surface area (Å²) in [6.07, 6.45) is 4.26. The average molecular weight is 163 g/mol. The Morgan fingerprint density at radius 1 is 1.67 bits per heavy atom. The molecule has 1 aromatic heterocycles. The van der Waals surface area contributed by atoms with Gasteiger partial charge in [0.15, 0.2) is 5.78 Å². The standard InChI is InChI=1S/C10H13NO/c1-7(8-4-5-8)10(12)9-3-2-6-11-9/h2-3,6-8,11H,4-5H2,1H3. The maximum atomic E-state index is 11.7. The van der Waals surface area contributed by atoms with E-state index in [-0.39, 0.29) is 11.7 Å². The van der Waals surface area contributed by atoms with Gasteiger partial charge >= 0.3 is 0 Å². The summed E-state index contributed by atoms with van der Waals surface area (Å²) in [6.45, 7) is 2.03. The van der Waals surface area contributed by atoms with E-state index < -0.39 is 0 Å². The van der Waals surface area contributed by atoms with E-state index in [9.17, 15) is 4.79 Å². The molecule has 1 unspecified atom stereocenters. The fraction of sp³-hybridized carbons (Fsp3) is 0.500. The summed E-state index contributed by atoms with van der Waals surface area (Å²) >= 11 is 0. The zero-order chi connectivity index (χ0) is 8.55. The molecule has 1 aliphatic rings. The number of H-pyrrole nitrogens is 1. The van der Waals surface area contributed by atoms with E-state index >= 15 is 0 Å². The van der Waals surface area contributed by atoms with Crippen molar-refractivity contribution >= 4 is 5.78 Å². The lowest BCUT2D eigenvalue weighted by Crippen LogP contribution is -2.13. The van der Waals surface area contributed by atoms with E-state index in [1.807, 2.05) is 19.1 Å². The number of ketones is 1. The zero-order valence-electron chi connectivity index (χ0n) is 7.21. The van der Waals surface area contributed by atoms with Crippen molar-refractivity contribution in [1.29, 1.82) is 0 Å². The maximum absolute atomic E-state index is 11.7. The van der Waals surface area contributed by atoms with Crippen LogP contribution in [0, 0.1) is 11.8 Å². The van der Waals surface area contributed by atoms with Gasteiger partial charge in [0.1, 0.15) is 0 Å². The Balaban J connectivity index is 2.09. The summed E-state index contributed by atoms with van der Waals surface area (Å²) in [6, 6.07) is 3.72. The first-order valence-electron chi connectivity index (χ1n) is 4.46. The number of carbonyl (C=O) groups is 1. The number of Topliss-reactive ketones (excluding diaryl/α,β-unsaturated/α-hetero) is 1. The van der Waals surface area contributed by atoms with Crippen LogP contribution in [0.2, 0.25) is 0 Å². The summed E-state index contributed by atoms with van der Waals surface area (Å²) in [4.78, 5) is 14.6. The monoisotopic (exact) mass is 163 g/mol. The molecular formula is C10H13NO. The normalized spacial score (nSPS) is 19.1. The highest BCUT2D eigenvalue weighted by Gasteiger charge is 2.33. The molecule has 12 heavy (non-hydrogen) atoms. The van der Waals surface area contributed by atoms with Gasteiger partial charge in [-0.2, -0.15) is 0 Å². The Labute approximate surface area is 72.0 Å². The molecule has 1 aromatic rings. The van der Waals surface area contributed by atoms with E-state index in [1.54, 1.807) is 6.20 Å². The summed E-state index contributed by atoms with van der Waals surface area (Å²) in [5, 5.41) is 0. The van der Waals surface area contributed by atoms with Gasteiger partial charge < -0.3 is 4.98 Å². The summed E-state index contributed by atoms with van der Waals surface area (Å²) in [7, 11) is 0. The molecule has 2 nitrogen and oxygen atoms in total. The number of rotatable bonds is 3. The molecule has 0 spiro atoms. The molecular weight excluding hydrogens is 150 g/mol. The second-order valence-corrected chi connectivity index (χ2v) is 3.57. The van der Waals surface area contributed by atoms with Crippen LogP contribution in [0.3, 0.4) is 0 Å². The molecule has 0 aliphatic heterocycles. The van der Waals surface area contributed by atoms with Crippen molar-refractivity contribution in [3.8, 4) is 0 Å². The van der Waals surface area contributed by atoms with E-state index in [2.05, 4.69) is 4.98 Å². The minimum absolute atomic E-state index is 0.212. The summed E-state index contributed by atoms with van der Waals surface area (Å²) in [5.74, 6) is 1.13. The Morgan fingerprint density at radius 2 is 2.42 bits per heavy atom. The minimum Gasteiger partial charge on any atom is -0.359 e. The summed E-state index contributed by atoms with van der Waals surface area (Å²) in [5.41, 5.74) is 0.759. The van der Waals surface area contributed by atoms with Gasteiger partial charge in [-0.15, -0.1) is 0 Å². The Kier molecular flexibility index (Phi) is 1.75. The molecule has 1 aliphatic carbocycles. The van der Waals surface area contributed by atoms with Crippen molar-refractivity contribution in [3.05, 3.63) is 24.0 Å². The highest BCUT2D eigenvalue weighted by Crippen LogP contribution is 2.37. The first-order chi connectivity index (χ1) is 5.79. The van der Waals surface area contributed by atoms with Crippen LogP contribution in [-0.4, -0.2) is 10.8 Å². The lowest BCUT2D eigenvalue weighted by atomic mass is 9.99. The van der Waals surface area contributed by atoms with Crippen molar-refractivity contribution in [2.75, 3.05) is 0 Å². The van der Waals surface area contributed by atoms with Crippen LogP contribution in [0.4, 0.5) is 0 Å². The van der Waals surface area contributed by atoms with Gasteiger partial charge in [-0.1, -0.05) is 6.92 Å². The van der Waals surface area contributed by atoms with Gasteiger partial charge in [0, 0.05) is 12.1 Å². The van der Waals surface area contributed by atoms with Crippen LogP contribution in [-0.2, 0) is 0 Å². The Morgan fingerprint density at radius 3 is 2.92 bits per heavy atom. The molecule has 0 aromatic carbocycles. The molecule has 64 valence electrons. The zero-order valence-corrected chi connectivity index (χ0v) is 7.21. The number of carbonyl (C=O) groups excluding carboxylic acids is 1. The van der Waals surface area contributed by atoms with Crippen LogP contribution in [0.15, 0.2) is 18.3 Å². The molecule has 2 rings (SSSR count). The minimum atomic E-state index is 0.212. The van der Waals surface area contributed by atoms with Gasteiger partial charge in [-0.25, -0.2) is 0 Å². The maximum Gasteiger partial charge on any atom is 0.182 e. The van der Waals surface area contributed by atoms with Crippen LogP contribution in [0.1, 0.15) is 30.3 Å². The van der Waals surface area contributed by atoms with Gasteiger partial charge in [0.25, 0.3) is 0 Å². The number of hydrogen-bond donors (Lipinski definition) is 1. The first kappa shape index (κ1) is 7.59. The smallest absolute Gasteiger partial charge is 0.182 e. The highest BCUT2D eigenvalue weighted by molar-refractivity contribution is 5.96. The number of aromatic nitrogens is 1. The molecule has 1 saturated carbocycles. The van der Waals surface area contributed by atoms with Crippen molar-refractivity contribution in [2.45, 2.75) is 19.8 Å². The lowest BCUT2D eigenvalue weighted by molar-refractivity contribution is 0.0912. The van der Waals surface area contributed by atoms with E-state index in [1.165, 1.54) is 12.8 Å². The van der Waals surface area contributed by atoms with Crippen LogP contribution < -0.4 is 0 Å². The number of aromatic amines is 1. The molecule has 1 N–H and O–H groups in total. The summed E-state index contributed by atoms with van der Waals surface area (Å²) < 4.78 is 0. The quantitative estimate of drug-likeness (QED) is 0.681. The largest absolute Gasteiger partial charge is 0.359 e. The lowest BCUT2D eigenvalue weighted by Gasteiger charge is -2.05. The van der Waals surface area contributed by atoms with Gasteiger partial charge in [0.2, 0.25) is 0 Å². The second kappa shape index (κ2) is 2.77. The van der Waals surface area contributed by atoms with Gasteiger partial charge in [-0.3, -0.25) is 4.79 Å². The van der Waals surface area contributed by atoms with E-state index in [0.29, 0.717) is 5.92 Å². The van der Waals surface area contributed by atoms with Gasteiger partial charge in [-0.05, 0) is 30.9 Å². The van der Waals surface area contributed by atoms with Crippen molar-refractivity contribution in [2.24, 2.45) is 11.8 Å². The highest BCUT2D eigenvalue weighted by atomic mass is 16.1. The van der Waals surface area contributed by atoms with E-state index in [0.717, 1.165) is 5.69 Å². The third-order valence-corrected chi connectivity index (χ3v) is 2.61. The van der Waals surface area contributed by atoms with Crippen LogP contribution >= 0.6 is 0 Å². The molecule has 0 amide bonds. The second-order valence-electron chi connectivity index (χ2n) is 3.57. The predicted molar refractivity (Wildman–Crippen MR) is 47.0 cm³/mol. The average Bonchev–Trinajstić information content (AvgIpc) is 2.79. The van der Waals surface area contributed by atoms with Crippen molar-refractivity contribution < 1.29 is 4.79 Å². The molecule has 0 radical (unpaired) electrons. The molecule has 1 atom stereocenters. The third-order valence-electron chi connectivity index (χ3n) is 2.61. The third kappa shape index (κ3) is 1.29. The van der Waals surface area contributed by atoms with Crippen LogP contribution in [0.25, 0.3) is 0 Å². The molecule has 1 heterocycles. The van der Waals surface area contributed by atoms with Crippen molar-refractivity contribution in [3.63, 3.8) is 0 Å². The Bertz CT molecular complexity index is 272. The topological polar surface area (TPSA) is 32.9 Å². The molecule has 0 saturated heterocycles. The predicted octanol–water partition coefficient (Wildman–Crippen LogP) is 2.24. The van der Waals surface area contributed by atoms with Gasteiger partial charge in [0.05, 0.1) is 5.69 Å². The molecule has 1 fully saturated rings. The SMILES string of the molecule is CC(C(=O)c1ccc[nH]1)C1CC1. The molecule has 2 heteroatoms. The van der Waals surface area contributed by atoms with Crippen LogP contribution in [0.5, 0.6) is 0 Å². The fourth-order valence-corrected chi connectivity index (χ4v) is 1.54. The Hall–Kier alpha value is -1.05. The number of hydrogen-bond acceptors (Lipinski definition) is 1. The fourth-order valence-electron chi connectivity index (χ4n) is 1.54. The first-order valence-corrected chi connectivity index (χ1v) is 4.46. The number of nitrogens with one attached hydrogen (secondary N) is 1. The van der Waals surface area contributed by atoms with Crippen molar-refractivity contribution in [1.82, 2.24) is 4.98 Å².